The Labute approximate surface area is 86.0 Å². The van der Waals surface area contributed by atoms with Crippen LogP contribution in [0.2, 0.25) is 0 Å². The van der Waals surface area contributed by atoms with Crippen LogP contribution >= 0.6 is 19.5 Å². The summed E-state index contributed by atoms with van der Waals surface area (Å²) in [7, 11) is 3.86. The van der Waals surface area contributed by atoms with E-state index in [4.69, 9.17) is 17.1 Å². The summed E-state index contributed by atoms with van der Waals surface area (Å²) in [5.41, 5.74) is 0. The van der Waals surface area contributed by atoms with Crippen molar-refractivity contribution in [1.29, 1.82) is 0 Å². The van der Waals surface area contributed by atoms with E-state index in [0.29, 0.717) is 18.4 Å². The van der Waals surface area contributed by atoms with E-state index in [1.54, 1.807) is 0 Å². The summed E-state index contributed by atoms with van der Waals surface area (Å²) >= 11 is 3.65. The summed E-state index contributed by atoms with van der Waals surface area (Å²) in [5.74, 6) is 0.643. The molecule has 72 valence electrons. The molecule has 13 heavy (non-hydrogen) atoms. The van der Waals surface area contributed by atoms with Crippen LogP contribution < -0.4 is 0 Å². The summed E-state index contributed by atoms with van der Waals surface area (Å²) in [6.45, 7) is 4.39. The van der Waals surface area contributed by atoms with E-state index in [1.165, 1.54) is 0 Å². The lowest BCUT2D eigenvalue weighted by Gasteiger charge is -2.12. The highest BCUT2D eigenvalue weighted by molar-refractivity contribution is 8.39. The summed E-state index contributed by atoms with van der Waals surface area (Å²) in [5, 5.41) is 0. The van der Waals surface area contributed by atoms with Crippen LogP contribution in [0.1, 0.15) is 13.8 Å². The lowest BCUT2D eigenvalue weighted by molar-refractivity contribution is 0.0395. The molecule has 0 N–H and O–H groups in total. The largest absolute Gasteiger partial charge is 0.582 e. The van der Waals surface area contributed by atoms with E-state index in [2.05, 4.69) is 19.2 Å². The molecule has 1 aliphatic heterocycles. The summed E-state index contributed by atoms with van der Waals surface area (Å²) in [6, 6.07) is -0.235. The molecule has 1 fully saturated rings. The van der Waals surface area contributed by atoms with Gasteiger partial charge in [0, 0.05) is 6.00 Å². The van der Waals surface area contributed by atoms with Crippen LogP contribution in [0.3, 0.4) is 0 Å². The first-order valence-corrected chi connectivity index (χ1v) is 6.55. The SMILES string of the molecule is [B]C1OC(CO[P+](=O)S)C(C)C1C. The van der Waals surface area contributed by atoms with Crippen LogP contribution in [-0.4, -0.2) is 26.6 Å². The van der Waals surface area contributed by atoms with Crippen molar-refractivity contribution >= 4 is 27.3 Å². The molecule has 5 unspecified atom stereocenters. The Morgan fingerprint density at radius 1 is 1.54 bits per heavy atom. The fourth-order valence-corrected chi connectivity index (χ4v) is 1.89. The molecule has 0 aliphatic carbocycles. The van der Waals surface area contributed by atoms with Gasteiger partial charge in [0.15, 0.2) is 0 Å². The van der Waals surface area contributed by atoms with Crippen LogP contribution in [0, 0.1) is 11.8 Å². The predicted octanol–water partition coefficient (Wildman–Crippen LogP) is 1.76. The first kappa shape index (κ1) is 11.5. The van der Waals surface area contributed by atoms with Gasteiger partial charge in [-0.05, 0) is 16.4 Å². The number of ether oxygens (including phenoxy) is 1. The molecule has 6 heteroatoms. The minimum absolute atomic E-state index is 0.0592. The maximum Gasteiger partial charge on any atom is 0.582 e. The van der Waals surface area contributed by atoms with Crippen LogP contribution in [0.25, 0.3) is 0 Å². The maximum atomic E-state index is 10.6. The summed E-state index contributed by atoms with van der Waals surface area (Å²) in [6.07, 6.45) is -0.0592. The topological polar surface area (TPSA) is 35.5 Å². The normalized spacial score (nSPS) is 40.7. The average molecular weight is 219 g/mol. The third-order valence-corrected chi connectivity index (χ3v) is 3.33. The molecule has 0 bridgehead atoms. The molecular formula is C7H13BO3PS+. The van der Waals surface area contributed by atoms with Crippen LogP contribution in [0.15, 0.2) is 0 Å². The van der Waals surface area contributed by atoms with Crippen molar-refractivity contribution in [2.45, 2.75) is 26.0 Å². The standard InChI is InChI=1S/C7H12BO3PS/c1-4-5(2)7(8)11-6(4)3-10-12(9)13/h4-7H,3H2,1-2H3/p+1. The van der Waals surface area contributed by atoms with Crippen molar-refractivity contribution in [3.8, 4) is 0 Å². The molecule has 1 saturated heterocycles. The number of hydrogen-bond donors (Lipinski definition) is 1. The fourth-order valence-electron chi connectivity index (χ4n) is 1.42. The number of hydrogen-bond acceptors (Lipinski definition) is 3. The zero-order valence-electron chi connectivity index (χ0n) is 7.71. The summed E-state index contributed by atoms with van der Waals surface area (Å²) in [4.78, 5) is 0. The smallest absolute Gasteiger partial charge is 0.382 e. The van der Waals surface area contributed by atoms with Gasteiger partial charge in [-0.1, -0.05) is 13.8 Å². The van der Waals surface area contributed by atoms with E-state index in [0.717, 1.165) is 0 Å². The van der Waals surface area contributed by atoms with Gasteiger partial charge in [0.25, 0.3) is 0 Å². The molecule has 0 spiro atoms. The Balaban J connectivity index is 2.40. The molecule has 1 rings (SSSR count). The molecule has 0 aromatic carbocycles. The van der Waals surface area contributed by atoms with E-state index in [-0.39, 0.29) is 12.1 Å². The molecule has 3 nitrogen and oxygen atoms in total. The molecule has 5 atom stereocenters. The van der Waals surface area contributed by atoms with Gasteiger partial charge in [-0.15, -0.1) is 4.52 Å². The number of rotatable bonds is 3. The Morgan fingerprint density at radius 3 is 2.54 bits per heavy atom. The Kier molecular flexibility index (Phi) is 4.24. The quantitative estimate of drug-likeness (QED) is 0.446. The third-order valence-electron chi connectivity index (χ3n) is 2.62. The van der Waals surface area contributed by atoms with Gasteiger partial charge in [-0.2, -0.15) is 0 Å². The van der Waals surface area contributed by atoms with Gasteiger partial charge in [0.2, 0.25) is 0 Å². The first-order valence-electron chi connectivity index (χ1n) is 4.22. The van der Waals surface area contributed by atoms with Crippen molar-refractivity contribution in [3.63, 3.8) is 0 Å². The molecule has 0 aromatic rings. The van der Waals surface area contributed by atoms with Crippen LogP contribution in [0.4, 0.5) is 0 Å². The van der Waals surface area contributed by atoms with Crippen molar-refractivity contribution in [2.75, 3.05) is 6.61 Å². The molecule has 0 aromatic heterocycles. The van der Waals surface area contributed by atoms with Gasteiger partial charge in [-0.25, -0.2) is 0 Å². The van der Waals surface area contributed by atoms with Gasteiger partial charge >= 0.3 is 7.23 Å². The van der Waals surface area contributed by atoms with Crippen molar-refractivity contribution in [1.82, 2.24) is 0 Å². The van der Waals surface area contributed by atoms with E-state index >= 15 is 0 Å². The molecule has 0 amide bonds. The van der Waals surface area contributed by atoms with Crippen LogP contribution in [0.5, 0.6) is 0 Å². The zero-order chi connectivity index (χ0) is 10.0. The molecule has 1 aliphatic rings. The summed E-state index contributed by atoms with van der Waals surface area (Å²) < 4.78 is 20.9. The lowest BCUT2D eigenvalue weighted by Crippen LogP contribution is -2.20. The Hall–Kier alpha value is 0.435. The minimum Gasteiger partial charge on any atom is -0.382 e. The van der Waals surface area contributed by atoms with Gasteiger partial charge in [-0.3, -0.25) is 0 Å². The monoisotopic (exact) mass is 219 g/mol. The molecular weight excluding hydrogens is 206 g/mol. The van der Waals surface area contributed by atoms with Gasteiger partial charge < -0.3 is 4.74 Å². The third kappa shape index (κ3) is 2.95. The second-order valence-corrected chi connectivity index (χ2v) is 5.10. The molecule has 1 heterocycles. The highest BCUT2D eigenvalue weighted by atomic mass is 32.7. The van der Waals surface area contributed by atoms with Crippen molar-refractivity contribution < 1.29 is 13.8 Å². The predicted molar refractivity (Wildman–Crippen MR) is 55.3 cm³/mol. The fraction of sp³-hybridized carbons (Fsp3) is 1.00. The average Bonchev–Trinajstić information content (AvgIpc) is 2.29. The van der Waals surface area contributed by atoms with Crippen molar-refractivity contribution in [2.24, 2.45) is 11.8 Å². The Morgan fingerprint density at radius 2 is 2.15 bits per heavy atom. The Bertz CT molecular complexity index is 204. The van der Waals surface area contributed by atoms with Gasteiger partial charge in [0.05, 0.1) is 6.10 Å². The lowest BCUT2D eigenvalue weighted by atomic mass is 9.82. The van der Waals surface area contributed by atoms with E-state index < -0.39 is 7.23 Å². The van der Waals surface area contributed by atoms with E-state index in [1.807, 2.05) is 6.92 Å². The first-order chi connectivity index (χ1) is 6.02. The molecule has 0 saturated carbocycles. The maximum absolute atomic E-state index is 10.6. The minimum atomic E-state index is -1.84. The van der Waals surface area contributed by atoms with Crippen LogP contribution in [-0.2, 0) is 13.8 Å². The van der Waals surface area contributed by atoms with Crippen molar-refractivity contribution in [3.05, 3.63) is 0 Å². The molecule has 2 radical (unpaired) electrons. The van der Waals surface area contributed by atoms with E-state index in [9.17, 15) is 4.57 Å². The second kappa shape index (κ2) is 4.78. The highest BCUT2D eigenvalue weighted by Gasteiger charge is 2.37. The number of thiol groups is 1. The highest BCUT2D eigenvalue weighted by Crippen LogP contribution is 2.34. The van der Waals surface area contributed by atoms with Gasteiger partial charge in [0.1, 0.15) is 26.7 Å². The zero-order valence-corrected chi connectivity index (χ0v) is 9.50. The second-order valence-electron chi connectivity index (χ2n) is 3.39.